The molecule has 0 atom stereocenters. The molecule has 0 saturated carbocycles. The topological polar surface area (TPSA) is 35.2 Å². The lowest BCUT2D eigenvalue weighted by Crippen LogP contribution is -2.06. The van der Waals surface area contributed by atoms with Crippen LogP contribution in [-0.2, 0) is 6.42 Å². The maximum atomic E-state index is 6.31. The Balaban J connectivity index is 2.59. The van der Waals surface area contributed by atoms with Crippen molar-refractivity contribution >= 4 is 22.4 Å². The molecule has 0 aliphatic carbocycles. The molecule has 96 valence electrons. The molecule has 0 bridgehead atoms. The summed E-state index contributed by atoms with van der Waals surface area (Å²) in [4.78, 5) is 0. The smallest absolute Gasteiger partial charge is 0.130 e. The van der Waals surface area contributed by atoms with E-state index in [1.54, 1.807) is 0 Å². The number of halogens is 1. The maximum absolute atomic E-state index is 6.31. The van der Waals surface area contributed by atoms with E-state index >= 15 is 0 Å². The van der Waals surface area contributed by atoms with Crippen LogP contribution in [0.3, 0.4) is 0 Å². The van der Waals surface area contributed by atoms with Crippen LogP contribution in [0.25, 0.3) is 10.8 Å². The van der Waals surface area contributed by atoms with Crippen LogP contribution < -0.4 is 10.5 Å². The summed E-state index contributed by atoms with van der Waals surface area (Å²) < 4.78 is 5.89. The summed E-state index contributed by atoms with van der Waals surface area (Å²) in [5.74, 6) is 0.933. The molecule has 2 N–H and O–H groups in total. The van der Waals surface area contributed by atoms with Crippen LogP contribution in [0.5, 0.6) is 5.75 Å². The SMILES string of the molecule is CCCOc1c(CCN)cc(Cl)c2ccccc12. The van der Waals surface area contributed by atoms with E-state index in [1.807, 2.05) is 30.3 Å². The summed E-state index contributed by atoms with van der Waals surface area (Å²) in [6.45, 7) is 3.40. The van der Waals surface area contributed by atoms with E-state index in [0.29, 0.717) is 13.2 Å². The highest BCUT2D eigenvalue weighted by molar-refractivity contribution is 6.35. The lowest BCUT2D eigenvalue weighted by Gasteiger charge is -2.15. The largest absolute Gasteiger partial charge is 0.493 e. The first kappa shape index (κ1) is 13.2. The Hall–Kier alpha value is -1.25. The second kappa shape index (κ2) is 6.07. The minimum absolute atomic E-state index is 0.594. The summed E-state index contributed by atoms with van der Waals surface area (Å²) in [7, 11) is 0. The van der Waals surface area contributed by atoms with E-state index in [0.717, 1.165) is 39.9 Å². The maximum Gasteiger partial charge on any atom is 0.130 e. The van der Waals surface area contributed by atoms with Gasteiger partial charge in [0.25, 0.3) is 0 Å². The van der Waals surface area contributed by atoms with E-state index in [1.165, 1.54) is 0 Å². The molecule has 0 unspecified atom stereocenters. The summed E-state index contributed by atoms with van der Waals surface area (Å²) in [6, 6.07) is 10.0. The van der Waals surface area contributed by atoms with Crippen molar-refractivity contribution in [3.8, 4) is 5.75 Å². The average Bonchev–Trinajstić information content (AvgIpc) is 2.39. The predicted molar refractivity (Wildman–Crippen MR) is 77.5 cm³/mol. The van der Waals surface area contributed by atoms with Gasteiger partial charge in [-0.3, -0.25) is 0 Å². The van der Waals surface area contributed by atoms with Gasteiger partial charge < -0.3 is 10.5 Å². The Morgan fingerprint density at radius 1 is 1.22 bits per heavy atom. The predicted octanol–water partition coefficient (Wildman–Crippen LogP) is 3.78. The van der Waals surface area contributed by atoms with Gasteiger partial charge in [0, 0.05) is 15.8 Å². The van der Waals surface area contributed by atoms with Gasteiger partial charge in [-0.2, -0.15) is 0 Å². The molecular weight excluding hydrogens is 246 g/mol. The second-order valence-electron chi connectivity index (χ2n) is 4.28. The third-order valence-electron chi connectivity index (χ3n) is 2.89. The van der Waals surface area contributed by atoms with Crippen molar-refractivity contribution in [1.82, 2.24) is 0 Å². The van der Waals surface area contributed by atoms with Crippen molar-refractivity contribution in [2.75, 3.05) is 13.2 Å². The van der Waals surface area contributed by atoms with Crippen LogP contribution in [0.15, 0.2) is 30.3 Å². The number of ether oxygens (including phenoxy) is 1. The molecule has 3 heteroatoms. The molecule has 2 aromatic rings. The van der Waals surface area contributed by atoms with E-state index < -0.39 is 0 Å². The lowest BCUT2D eigenvalue weighted by molar-refractivity contribution is 0.318. The molecule has 0 heterocycles. The number of hydrogen-bond acceptors (Lipinski definition) is 2. The summed E-state index contributed by atoms with van der Waals surface area (Å²) in [5, 5.41) is 2.87. The van der Waals surface area contributed by atoms with Crippen LogP contribution in [0.4, 0.5) is 0 Å². The number of benzene rings is 2. The highest BCUT2D eigenvalue weighted by Crippen LogP contribution is 2.35. The van der Waals surface area contributed by atoms with Gasteiger partial charge in [0.2, 0.25) is 0 Å². The van der Waals surface area contributed by atoms with Crippen LogP contribution >= 0.6 is 11.6 Å². The molecule has 0 amide bonds. The van der Waals surface area contributed by atoms with E-state index in [4.69, 9.17) is 22.1 Å². The Kier molecular flexibility index (Phi) is 4.45. The highest BCUT2D eigenvalue weighted by Gasteiger charge is 2.11. The molecule has 0 aliphatic rings. The summed E-state index contributed by atoms with van der Waals surface area (Å²) in [6.07, 6.45) is 1.77. The Labute approximate surface area is 113 Å². The zero-order valence-electron chi connectivity index (χ0n) is 10.6. The van der Waals surface area contributed by atoms with E-state index in [9.17, 15) is 0 Å². The molecule has 0 spiro atoms. The fourth-order valence-corrected chi connectivity index (χ4v) is 2.37. The van der Waals surface area contributed by atoms with Crippen molar-refractivity contribution in [1.29, 1.82) is 0 Å². The number of rotatable bonds is 5. The number of hydrogen-bond donors (Lipinski definition) is 1. The van der Waals surface area contributed by atoms with Gasteiger partial charge >= 0.3 is 0 Å². The zero-order chi connectivity index (χ0) is 13.0. The van der Waals surface area contributed by atoms with Gasteiger partial charge in [-0.1, -0.05) is 42.8 Å². The minimum Gasteiger partial charge on any atom is -0.493 e. The van der Waals surface area contributed by atoms with E-state index in [2.05, 4.69) is 6.92 Å². The van der Waals surface area contributed by atoms with Crippen molar-refractivity contribution in [2.24, 2.45) is 5.73 Å². The van der Waals surface area contributed by atoms with Gasteiger partial charge in [-0.15, -0.1) is 0 Å². The zero-order valence-corrected chi connectivity index (χ0v) is 11.3. The van der Waals surface area contributed by atoms with Gasteiger partial charge in [0.05, 0.1) is 6.61 Å². The molecule has 2 aromatic carbocycles. The molecule has 2 nitrogen and oxygen atoms in total. The monoisotopic (exact) mass is 263 g/mol. The van der Waals surface area contributed by atoms with Crippen LogP contribution in [0.1, 0.15) is 18.9 Å². The average molecular weight is 264 g/mol. The fraction of sp³-hybridized carbons (Fsp3) is 0.333. The second-order valence-corrected chi connectivity index (χ2v) is 4.69. The molecular formula is C15H18ClNO. The third kappa shape index (κ3) is 2.60. The normalized spacial score (nSPS) is 10.8. The van der Waals surface area contributed by atoms with Gasteiger partial charge in [0.15, 0.2) is 0 Å². The first-order chi connectivity index (χ1) is 8.77. The van der Waals surface area contributed by atoms with Gasteiger partial charge in [-0.25, -0.2) is 0 Å². The number of fused-ring (bicyclic) bond motifs is 1. The van der Waals surface area contributed by atoms with Crippen molar-refractivity contribution < 1.29 is 4.74 Å². The molecule has 0 saturated heterocycles. The van der Waals surface area contributed by atoms with Gasteiger partial charge in [0.1, 0.15) is 5.75 Å². The molecule has 0 aromatic heterocycles. The first-order valence-electron chi connectivity index (χ1n) is 6.31. The summed E-state index contributed by atoms with van der Waals surface area (Å²) >= 11 is 6.31. The summed E-state index contributed by atoms with van der Waals surface area (Å²) in [5.41, 5.74) is 6.75. The van der Waals surface area contributed by atoms with Crippen LogP contribution in [0.2, 0.25) is 5.02 Å². The van der Waals surface area contributed by atoms with Crippen LogP contribution in [0, 0.1) is 0 Å². The minimum atomic E-state index is 0.594. The van der Waals surface area contributed by atoms with Crippen molar-refractivity contribution in [3.05, 3.63) is 40.9 Å². The Morgan fingerprint density at radius 2 is 1.94 bits per heavy atom. The quantitative estimate of drug-likeness (QED) is 0.891. The molecule has 2 rings (SSSR count). The van der Waals surface area contributed by atoms with Crippen LogP contribution in [-0.4, -0.2) is 13.2 Å². The first-order valence-corrected chi connectivity index (χ1v) is 6.68. The molecule has 0 radical (unpaired) electrons. The number of nitrogens with two attached hydrogens (primary N) is 1. The molecule has 0 aliphatic heterocycles. The fourth-order valence-electron chi connectivity index (χ4n) is 2.07. The Morgan fingerprint density at radius 3 is 2.61 bits per heavy atom. The highest BCUT2D eigenvalue weighted by atomic mass is 35.5. The standard InChI is InChI=1S/C15H18ClNO/c1-2-9-18-15-11(7-8-17)10-14(16)12-5-3-4-6-13(12)15/h3-6,10H,2,7-9,17H2,1H3. The van der Waals surface area contributed by atoms with Gasteiger partial charge in [-0.05, 0) is 31.0 Å². The molecule has 0 fully saturated rings. The third-order valence-corrected chi connectivity index (χ3v) is 3.20. The van der Waals surface area contributed by atoms with Crippen molar-refractivity contribution in [3.63, 3.8) is 0 Å². The Bertz CT molecular complexity index is 539. The lowest BCUT2D eigenvalue weighted by atomic mass is 10.0. The van der Waals surface area contributed by atoms with E-state index in [-0.39, 0.29) is 0 Å². The molecule has 18 heavy (non-hydrogen) atoms. The van der Waals surface area contributed by atoms with Crippen molar-refractivity contribution in [2.45, 2.75) is 19.8 Å².